The zero-order valence-electron chi connectivity index (χ0n) is 32.2. The number of amides is 3. The second-order valence-corrected chi connectivity index (χ2v) is 14.6. The lowest BCUT2D eigenvalue weighted by atomic mass is 9.85. The van der Waals surface area contributed by atoms with Crippen molar-refractivity contribution in [3.05, 3.63) is 42.2 Å². The molecule has 4 N–H and O–H groups in total. The molecule has 1 aromatic heterocycles. The summed E-state index contributed by atoms with van der Waals surface area (Å²) in [5, 5.41) is 12.1. The summed E-state index contributed by atoms with van der Waals surface area (Å²) in [5.41, 5.74) is -0.385. The molecule has 3 atom stereocenters. The highest BCUT2D eigenvalue weighted by atomic mass is 35.5. The van der Waals surface area contributed by atoms with Gasteiger partial charge in [0.05, 0.1) is 29.9 Å². The molecule has 13 nitrogen and oxygen atoms in total. The molecule has 2 aliphatic rings. The van der Waals surface area contributed by atoms with Crippen molar-refractivity contribution < 1.29 is 32.3 Å². The Balaban J connectivity index is 0.00000406. The summed E-state index contributed by atoms with van der Waals surface area (Å²) in [4.78, 5) is 54.7. The van der Waals surface area contributed by atoms with Crippen molar-refractivity contribution in [3.63, 3.8) is 0 Å². The first kappa shape index (κ1) is 45.3. The number of halogens is 5. The first-order valence-corrected chi connectivity index (χ1v) is 17.9. The van der Waals surface area contributed by atoms with Crippen LogP contribution in [-0.4, -0.2) is 109 Å². The molecular formula is C37H52Cl2F3N9O4. The molecule has 0 aliphatic carbocycles. The number of hydrogen-bond donors (Lipinski definition) is 4. The normalized spacial score (nSPS) is 17.5. The summed E-state index contributed by atoms with van der Waals surface area (Å²) in [5.74, 6) is -0.622. The molecule has 3 heterocycles. The third-order valence-electron chi connectivity index (χ3n) is 10.0. The van der Waals surface area contributed by atoms with E-state index in [2.05, 4.69) is 36.1 Å². The highest BCUT2D eigenvalue weighted by Gasteiger charge is 2.42. The molecular weight excluding hydrogens is 762 g/mol. The summed E-state index contributed by atoms with van der Waals surface area (Å²) in [6.07, 6.45) is -2.30. The Morgan fingerprint density at radius 2 is 1.69 bits per heavy atom. The third kappa shape index (κ3) is 10.4. The van der Waals surface area contributed by atoms with Crippen LogP contribution in [0.1, 0.15) is 53.0 Å². The van der Waals surface area contributed by atoms with E-state index >= 15 is 0 Å². The van der Waals surface area contributed by atoms with Crippen LogP contribution in [0.4, 0.5) is 36.1 Å². The van der Waals surface area contributed by atoms with Crippen LogP contribution in [0.3, 0.4) is 0 Å². The number of hydrogen-bond acceptors (Lipinski definition) is 10. The average Bonchev–Trinajstić information content (AvgIpc) is 3.63. The van der Waals surface area contributed by atoms with Gasteiger partial charge in [0.25, 0.3) is 0 Å². The van der Waals surface area contributed by atoms with Crippen molar-refractivity contribution in [3.8, 4) is 5.75 Å². The van der Waals surface area contributed by atoms with E-state index in [9.17, 15) is 27.6 Å². The SMILES string of the molecule is CCN1CCN(c2ccc(Nc3ncnc4cc(OC)c(NC(=O)C5CCCN5C(=O)C(NC(=O)C(C)NC)C(C)(C)C)cc34)cc2C(F)(F)F)CC1.Cl.Cl. The Morgan fingerprint density at radius 3 is 2.29 bits per heavy atom. The minimum Gasteiger partial charge on any atom is -0.494 e. The smallest absolute Gasteiger partial charge is 0.418 e. The molecule has 304 valence electrons. The molecule has 3 unspecified atom stereocenters. The zero-order chi connectivity index (χ0) is 38.7. The van der Waals surface area contributed by atoms with Gasteiger partial charge in [-0.2, -0.15) is 13.2 Å². The van der Waals surface area contributed by atoms with E-state index in [4.69, 9.17) is 4.74 Å². The number of anilines is 4. The first-order valence-electron chi connectivity index (χ1n) is 17.9. The number of rotatable bonds is 11. The zero-order valence-corrected chi connectivity index (χ0v) is 33.8. The largest absolute Gasteiger partial charge is 0.494 e. The van der Waals surface area contributed by atoms with Gasteiger partial charge >= 0.3 is 6.18 Å². The predicted molar refractivity (Wildman–Crippen MR) is 213 cm³/mol. The third-order valence-corrected chi connectivity index (χ3v) is 10.0. The van der Waals surface area contributed by atoms with Gasteiger partial charge in [0.15, 0.2) is 0 Å². The Hall–Kier alpha value is -4.12. The fourth-order valence-electron chi connectivity index (χ4n) is 6.74. The van der Waals surface area contributed by atoms with E-state index < -0.39 is 41.2 Å². The number of benzene rings is 2. The summed E-state index contributed by atoms with van der Waals surface area (Å²) < 4.78 is 48.8. The van der Waals surface area contributed by atoms with Crippen molar-refractivity contribution in [2.75, 3.05) is 69.0 Å². The molecule has 3 aromatic rings. The Bertz CT molecular complexity index is 1820. The van der Waals surface area contributed by atoms with Crippen molar-refractivity contribution in [1.29, 1.82) is 0 Å². The molecule has 0 spiro atoms. The maximum Gasteiger partial charge on any atom is 0.418 e. The van der Waals surface area contributed by atoms with Crippen LogP contribution >= 0.6 is 24.8 Å². The van der Waals surface area contributed by atoms with Gasteiger partial charge in [-0.15, -0.1) is 24.8 Å². The second-order valence-electron chi connectivity index (χ2n) is 14.6. The van der Waals surface area contributed by atoms with Gasteiger partial charge in [-0.05, 0) is 63.0 Å². The minimum atomic E-state index is -4.59. The van der Waals surface area contributed by atoms with Crippen molar-refractivity contribution in [2.24, 2.45) is 5.41 Å². The molecule has 2 saturated heterocycles. The van der Waals surface area contributed by atoms with Gasteiger partial charge in [0.2, 0.25) is 17.7 Å². The number of likely N-dealkylation sites (tertiary alicyclic amines) is 1. The summed E-state index contributed by atoms with van der Waals surface area (Å²) in [6.45, 7) is 12.8. The van der Waals surface area contributed by atoms with E-state index in [0.717, 1.165) is 12.6 Å². The second kappa shape index (κ2) is 18.7. The van der Waals surface area contributed by atoms with Crippen molar-refractivity contribution in [1.82, 2.24) is 30.4 Å². The van der Waals surface area contributed by atoms with Gasteiger partial charge in [-0.1, -0.05) is 27.7 Å². The number of likely N-dealkylation sites (N-methyl/N-ethyl adjacent to an activating group) is 2. The number of carbonyl (C=O) groups excluding carboxylic acids is 3. The number of ether oxygens (including phenoxy) is 1. The first-order chi connectivity index (χ1) is 25.0. The Kier molecular flexibility index (Phi) is 15.4. The number of nitrogens with one attached hydrogen (secondary N) is 4. The lowest BCUT2D eigenvalue weighted by Gasteiger charge is -2.36. The summed E-state index contributed by atoms with van der Waals surface area (Å²) >= 11 is 0. The molecule has 2 aromatic carbocycles. The van der Waals surface area contributed by atoms with E-state index in [1.807, 2.05) is 27.7 Å². The number of alkyl halides is 3. The number of methoxy groups -OCH3 is 1. The van der Waals surface area contributed by atoms with Gasteiger partial charge < -0.3 is 40.7 Å². The Labute approximate surface area is 332 Å². The maximum absolute atomic E-state index is 14.4. The molecule has 18 heteroatoms. The number of nitrogens with zero attached hydrogens (tertiary/aromatic N) is 5. The lowest BCUT2D eigenvalue weighted by Crippen LogP contribution is -2.59. The van der Waals surface area contributed by atoms with Crippen LogP contribution in [-0.2, 0) is 20.6 Å². The van der Waals surface area contributed by atoms with Crippen LogP contribution in [0.5, 0.6) is 5.75 Å². The van der Waals surface area contributed by atoms with Crippen LogP contribution < -0.4 is 30.9 Å². The van der Waals surface area contributed by atoms with Crippen LogP contribution in [0.2, 0.25) is 0 Å². The number of aromatic nitrogens is 2. The van der Waals surface area contributed by atoms with Gasteiger partial charge in [-0.3, -0.25) is 14.4 Å². The molecule has 3 amide bonds. The van der Waals surface area contributed by atoms with Gasteiger partial charge in [-0.25, -0.2) is 9.97 Å². The fraction of sp³-hybridized carbons (Fsp3) is 0.541. The molecule has 0 bridgehead atoms. The quantitative estimate of drug-likeness (QED) is 0.197. The van der Waals surface area contributed by atoms with E-state index in [1.165, 1.54) is 24.4 Å². The van der Waals surface area contributed by atoms with Crippen LogP contribution in [0.15, 0.2) is 36.7 Å². The highest BCUT2D eigenvalue weighted by Crippen LogP contribution is 2.40. The Morgan fingerprint density at radius 1 is 1.00 bits per heavy atom. The maximum atomic E-state index is 14.4. The van der Waals surface area contributed by atoms with Gasteiger partial charge in [0.1, 0.15) is 30.0 Å². The van der Waals surface area contributed by atoms with E-state index in [-0.39, 0.29) is 59.5 Å². The molecule has 5 rings (SSSR count). The molecule has 2 aliphatic heterocycles. The highest BCUT2D eigenvalue weighted by molar-refractivity contribution is 6.03. The predicted octanol–water partition coefficient (Wildman–Crippen LogP) is 5.45. The molecule has 55 heavy (non-hydrogen) atoms. The molecule has 0 saturated carbocycles. The van der Waals surface area contributed by atoms with Crippen LogP contribution in [0.25, 0.3) is 10.9 Å². The number of carbonyl (C=O) groups is 3. The number of piperazine rings is 1. The van der Waals surface area contributed by atoms with E-state index in [0.29, 0.717) is 62.2 Å². The van der Waals surface area contributed by atoms with Crippen LogP contribution in [0, 0.1) is 5.41 Å². The number of fused-ring (bicyclic) bond motifs is 1. The molecule has 0 radical (unpaired) electrons. The van der Waals surface area contributed by atoms with E-state index in [1.54, 1.807) is 37.1 Å². The summed E-state index contributed by atoms with van der Waals surface area (Å²) in [6, 6.07) is 5.14. The molecule has 2 fully saturated rings. The average molecular weight is 815 g/mol. The summed E-state index contributed by atoms with van der Waals surface area (Å²) in [7, 11) is 3.09. The van der Waals surface area contributed by atoms with Crippen molar-refractivity contribution >= 4 is 76.3 Å². The topological polar surface area (TPSA) is 144 Å². The minimum absolute atomic E-state index is 0. The lowest BCUT2D eigenvalue weighted by molar-refractivity contribution is -0.143. The fourth-order valence-corrected chi connectivity index (χ4v) is 6.74. The van der Waals surface area contributed by atoms with Gasteiger partial charge in [0, 0.05) is 55.6 Å². The standard InChI is InChI=1S/C37H50F3N9O4.2ClH/c1-8-47-14-16-48(17-15-47)28-12-11-23(18-25(28)37(38,39)40)44-32-24-19-27(30(53-7)20-26(24)42-21-43-32)45-34(51)29-10-9-13-49(29)35(52)31(36(3,4)5)46-33(50)22(2)41-6;;/h11-12,18-22,29,31,41H,8-10,13-17H2,1-7H3,(H,45,51)(H,46,50)(H,42,43,44);2*1H. The monoisotopic (exact) mass is 813 g/mol. The van der Waals surface area contributed by atoms with Crippen molar-refractivity contribution in [2.45, 2.75) is 71.8 Å².